The van der Waals surface area contributed by atoms with Gasteiger partial charge >= 0.3 is 0 Å². The van der Waals surface area contributed by atoms with E-state index in [4.69, 9.17) is 15.2 Å². The van der Waals surface area contributed by atoms with Crippen LogP contribution in [-0.4, -0.2) is 34.2 Å². The molecule has 2 fully saturated rings. The van der Waals surface area contributed by atoms with Crippen LogP contribution in [0, 0.1) is 5.41 Å². The number of methoxy groups -OCH3 is 1. The number of benzene rings is 1. The van der Waals surface area contributed by atoms with Gasteiger partial charge in [0.15, 0.2) is 5.16 Å². The summed E-state index contributed by atoms with van der Waals surface area (Å²) in [7, 11) is 1.71. The van der Waals surface area contributed by atoms with Crippen molar-refractivity contribution >= 4 is 17.7 Å². The summed E-state index contributed by atoms with van der Waals surface area (Å²) in [6, 6.07) is 8.66. The molecule has 0 atom stereocenters. The van der Waals surface area contributed by atoms with E-state index in [2.05, 4.69) is 26.9 Å². The van der Waals surface area contributed by atoms with Crippen molar-refractivity contribution in [2.75, 3.05) is 25.2 Å². The molecule has 0 aliphatic heterocycles. The Morgan fingerprint density at radius 1 is 1.31 bits per heavy atom. The Morgan fingerprint density at radius 2 is 2.15 bits per heavy atom. The molecule has 6 nitrogen and oxygen atoms in total. The summed E-state index contributed by atoms with van der Waals surface area (Å²) < 4.78 is 13.5. The van der Waals surface area contributed by atoms with Crippen LogP contribution < -0.4 is 10.5 Å². The molecule has 0 unspecified atom stereocenters. The SMILES string of the molecule is COCc1cccc(OCC2(CSc3nnc(N)n3C3CC3)CCC2)c1. The lowest BCUT2D eigenvalue weighted by atomic mass is 9.71. The van der Waals surface area contributed by atoms with Crippen molar-refractivity contribution in [3.05, 3.63) is 29.8 Å². The maximum atomic E-state index is 6.15. The summed E-state index contributed by atoms with van der Waals surface area (Å²) in [4.78, 5) is 0. The van der Waals surface area contributed by atoms with Gasteiger partial charge in [-0.2, -0.15) is 0 Å². The molecule has 0 bridgehead atoms. The Bertz CT molecular complexity index is 756. The first-order valence-corrected chi connectivity index (χ1v) is 10.2. The number of rotatable bonds is 9. The first-order chi connectivity index (χ1) is 12.7. The van der Waals surface area contributed by atoms with Crippen LogP contribution in [0.2, 0.25) is 0 Å². The normalized spacial score (nSPS) is 18.5. The molecule has 2 aromatic rings. The summed E-state index contributed by atoms with van der Waals surface area (Å²) in [5, 5.41) is 9.31. The van der Waals surface area contributed by atoms with Crippen molar-refractivity contribution in [2.24, 2.45) is 5.41 Å². The fourth-order valence-corrected chi connectivity index (χ4v) is 4.70. The minimum atomic E-state index is 0.219. The van der Waals surface area contributed by atoms with E-state index in [1.54, 1.807) is 18.9 Å². The lowest BCUT2D eigenvalue weighted by molar-refractivity contribution is 0.0823. The Hall–Kier alpha value is -1.73. The number of ether oxygens (including phenoxy) is 2. The zero-order chi connectivity index (χ0) is 18.0. The van der Waals surface area contributed by atoms with Crippen LogP contribution in [0.4, 0.5) is 5.95 Å². The van der Waals surface area contributed by atoms with Crippen molar-refractivity contribution in [3.63, 3.8) is 0 Å². The number of nitrogen functional groups attached to an aromatic ring is 1. The van der Waals surface area contributed by atoms with Crippen molar-refractivity contribution < 1.29 is 9.47 Å². The first kappa shape index (κ1) is 17.7. The van der Waals surface area contributed by atoms with Gasteiger partial charge in [-0.3, -0.25) is 4.57 Å². The lowest BCUT2D eigenvalue weighted by Gasteiger charge is -2.41. The van der Waals surface area contributed by atoms with E-state index in [9.17, 15) is 0 Å². The molecule has 2 aliphatic rings. The van der Waals surface area contributed by atoms with Crippen LogP contribution in [0.3, 0.4) is 0 Å². The van der Waals surface area contributed by atoms with Gasteiger partial charge in [0, 0.05) is 24.3 Å². The molecule has 7 heteroatoms. The lowest BCUT2D eigenvalue weighted by Crippen LogP contribution is -2.38. The molecule has 0 amide bonds. The summed E-state index contributed by atoms with van der Waals surface area (Å²) in [6.45, 7) is 1.35. The highest BCUT2D eigenvalue weighted by molar-refractivity contribution is 7.99. The minimum Gasteiger partial charge on any atom is -0.493 e. The third-order valence-corrected chi connectivity index (χ3v) is 6.57. The minimum absolute atomic E-state index is 0.219. The molecule has 0 saturated heterocycles. The summed E-state index contributed by atoms with van der Waals surface area (Å²) in [5.74, 6) is 2.46. The molecular formula is C19H26N4O2S. The van der Waals surface area contributed by atoms with E-state index in [1.165, 1.54) is 32.1 Å². The number of anilines is 1. The van der Waals surface area contributed by atoms with Gasteiger partial charge in [0.25, 0.3) is 0 Å². The predicted octanol–water partition coefficient (Wildman–Crippen LogP) is 3.68. The average Bonchev–Trinajstić information content (AvgIpc) is 3.37. The van der Waals surface area contributed by atoms with Gasteiger partial charge in [0.05, 0.1) is 13.2 Å². The predicted molar refractivity (Wildman–Crippen MR) is 102 cm³/mol. The quantitative estimate of drug-likeness (QED) is 0.675. The second-order valence-electron chi connectivity index (χ2n) is 7.45. The Morgan fingerprint density at radius 3 is 2.85 bits per heavy atom. The van der Waals surface area contributed by atoms with Gasteiger partial charge in [-0.1, -0.05) is 30.3 Å². The van der Waals surface area contributed by atoms with Crippen molar-refractivity contribution in [1.29, 1.82) is 0 Å². The van der Waals surface area contributed by atoms with Gasteiger partial charge in [0.2, 0.25) is 5.95 Å². The van der Waals surface area contributed by atoms with Crippen LogP contribution in [0.25, 0.3) is 0 Å². The second kappa shape index (κ2) is 7.48. The number of hydrogen-bond acceptors (Lipinski definition) is 6. The first-order valence-electron chi connectivity index (χ1n) is 9.23. The largest absolute Gasteiger partial charge is 0.493 e. The highest BCUT2D eigenvalue weighted by atomic mass is 32.2. The van der Waals surface area contributed by atoms with E-state index in [1.807, 2.05) is 12.1 Å². The van der Waals surface area contributed by atoms with Crippen LogP contribution in [0.5, 0.6) is 5.75 Å². The number of thioether (sulfide) groups is 1. The number of nitrogens with two attached hydrogens (primary N) is 1. The van der Waals surface area contributed by atoms with Gasteiger partial charge in [-0.15, -0.1) is 10.2 Å². The molecule has 2 aliphatic carbocycles. The van der Waals surface area contributed by atoms with E-state index < -0.39 is 0 Å². The van der Waals surface area contributed by atoms with Gasteiger partial charge in [-0.25, -0.2) is 0 Å². The van der Waals surface area contributed by atoms with Crippen molar-refractivity contribution in [3.8, 4) is 5.75 Å². The van der Waals surface area contributed by atoms with E-state index in [0.29, 0.717) is 18.6 Å². The monoisotopic (exact) mass is 374 g/mol. The molecular weight excluding hydrogens is 348 g/mol. The maximum Gasteiger partial charge on any atom is 0.222 e. The molecule has 26 heavy (non-hydrogen) atoms. The van der Waals surface area contributed by atoms with Crippen LogP contribution >= 0.6 is 11.8 Å². The maximum absolute atomic E-state index is 6.15. The number of hydrogen-bond donors (Lipinski definition) is 1. The van der Waals surface area contributed by atoms with Crippen molar-refractivity contribution in [2.45, 2.75) is 49.9 Å². The zero-order valence-electron chi connectivity index (χ0n) is 15.2. The fraction of sp³-hybridized carbons (Fsp3) is 0.579. The summed E-state index contributed by atoms with van der Waals surface area (Å²) in [5.41, 5.74) is 7.34. The van der Waals surface area contributed by atoms with Gasteiger partial charge in [0.1, 0.15) is 5.75 Å². The third kappa shape index (κ3) is 3.83. The van der Waals surface area contributed by atoms with Crippen LogP contribution in [0.15, 0.2) is 29.4 Å². The zero-order valence-corrected chi connectivity index (χ0v) is 16.0. The molecule has 4 rings (SSSR count). The van der Waals surface area contributed by atoms with E-state index in [-0.39, 0.29) is 5.41 Å². The molecule has 2 N–H and O–H groups in total. The molecule has 0 spiro atoms. The van der Waals surface area contributed by atoms with Crippen LogP contribution in [-0.2, 0) is 11.3 Å². The summed E-state index contributed by atoms with van der Waals surface area (Å²) >= 11 is 1.77. The Kier molecular flexibility index (Phi) is 5.09. The topological polar surface area (TPSA) is 75.2 Å². The molecule has 1 heterocycles. The van der Waals surface area contributed by atoms with E-state index >= 15 is 0 Å². The van der Waals surface area contributed by atoms with Crippen LogP contribution in [0.1, 0.15) is 43.7 Å². The summed E-state index contributed by atoms with van der Waals surface area (Å²) in [6.07, 6.45) is 6.03. The molecule has 1 aromatic heterocycles. The smallest absolute Gasteiger partial charge is 0.222 e. The Balaban J connectivity index is 1.36. The fourth-order valence-electron chi connectivity index (χ4n) is 3.42. The third-order valence-electron chi connectivity index (χ3n) is 5.28. The second-order valence-corrected chi connectivity index (χ2v) is 8.40. The van der Waals surface area contributed by atoms with Gasteiger partial charge in [-0.05, 0) is 43.4 Å². The van der Waals surface area contributed by atoms with E-state index in [0.717, 1.165) is 28.8 Å². The average molecular weight is 375 g/mol. The van der Waals surface area contributed by atoms with Crippen molar-refractivity contribution in [1.82, 2.24) is 14.8 Å². The molecule has 1 aromatic carbocycles. The number of aromatic nitrogens is 3. The molecule has 2 saturated carbocycles. The number of nitrogens with zero attached hydrogens (tertiary/aromatic N) is 3. The van der Waals surface area contributed by atoms with Gasteiger partial charge < -0.3 is 15.2 Å². The Labute approximate surface area is 158 Å². The highest BCUT2D eigenvalue weighted by Gasteiger charge is 2.39. The highest BCUT2D eigenvalue weighted by Crippen LogP contribution is 2.46. The molecule has 140 valence electrons. The standard InChI is InChI=1S/C19H26N4O2S/c1-24-11-14-4-2-5-16(10-14)25-12-19(8-3-9-19)13-26-18-22-21-17(20)23(18)15-6-7-15/h2,4-5,10,15H,3,6-9,11-13H2,1H3,(H2,20,21). The molecule has 0 radical (unpaired) electrons.